The van der Waals surface area contributed by atoms with Crippen LogP contribution in [-0.2, 0) is 5.67 Å². The Morgan fingerprint density at radius 3 is 1.93 bits per heavy atom. The normalized spacial score (nSPS) is 12.6. The van der Waals surface area contributed by atoms with Crippen molar-refractivity contribution in [2.75, 3.05) is 5.32 Å². The van der Waals surface area contributed by atoms with E-state index in [-0.39, 0.29) is 28.4 Å². The topological polar surface area (TPSA) is 72.2 Å². The molecule has 0 radical (unpaired) electrons. The van der Waals surface area contributed by atoms with E-state index >= 15 is 0 Å². The van der Waals surface area contributed by atoms with Gasteiger partial charge in [-0.3, -0.25) is 9.59 Å². The van der Waals surface area contributed by atoms with Crippen LogP contribution in [0.25, 0.3) is 0 Å². The molecule has 0 aliphatic rings. The zero-order valence-electron chi connectivity index (χ0n) is 14.9. The zero-order chi connectivity index (χ0) is 23.1. The highest BCUT2D eigenvalue weighted by Gasteiger charge is 2.73. The molecular weight excluding hydrogens is 536 g/mol. The highest BCUT2D eigenvalue weighted by molar-refractivity contribution is 14.1. The Bertz CT molecular complexity index is 989. The molecule has 2 rings (SSSR count). The molecular formula is C18H12F7IN2O2. The molecule has 0 unspecified atom stereocenters. The minimum absolute atomic E-state index is 0.134. The summed E-state index contributed by atoms with van der Waals surface area (Å²) in [5.41, 5.74) is -2.77. The van der Waals surface area contributed by atoms with Crippen LogP contribution >= 0.6 is 22.6 Å². The molecule has 2 amide bonds. The van der Waals surface area contributed by atoms with Crippen LogP contribution in [0.2, 0.25) is 0 Å². The first-order valence-corrected chi connectivity index (χ1v) is 9.01. The predicted octanol–water partition coefficient (Wildman–Crippen LogP) is 5.24. The predicted molar refractivity (Wildman–Crippen MR) is 102 cm³/mol. The van der Waals surface area contributed by atoms with E-state index in [2.05, 4.69) is 5.32 Å². The quantitative estimate of drug-likeness (QED) is 0.406. The van der Waals surface area contributed by atoms with E-state index in [1.165, 1.54) is 18.2 Å². The van der Waals surface area contributed by atoms with E-state index < -0.39 is 35.4 Å². The van der Waals surface area contributed by atoms with E-state index in [9.17, 15) is 40.3 Å². The number of hydrogen-bond acceptors (Lipinski definition) is 2. The second kappa shape index (κ2) is 8.04. The third-order valence-corrected chi connectivity index (χ3v) is 4.82. The van der Waals surface area contributed by atoms with E-state index in [1.54, 1.807) is 0 Å². The van der Waals surface area contributed by atoms with Crippen LogP contribution in [0.15, 0.2) is 36.4 Å². The molecule has 0 saturated heterocycles. The number of benzene rings is 2. The summed E-state index contributed by atoms with van der Waals surface area (Å²) in [6.45, 7) is 1.09. The molecule has 0 aromatic heterocycles. The van der Waals surface area contributed by atoms with E-state index in [0.29, 0.717) is 15.7 Å². The molecule has 0 heterocycles. The van der Waals surface area contributed by atoms with E-state index in [4.69, 9.17) is 5.73 Å². The summed E-state index contributed by atoms with van der Waals surface area (Å²) in [4.78, 5) is 24.0. The molecule has 2 aromatic rings. The summed E-state index contributed by atoms with van der Waals surface area (Å²) >= 11 is 1.87. The largest absolute Gasteiger partial charge is 0.435 e. The van der Waals surface area contributed by atoms with Gasteiger partial charge in [-0.05, 0) is 59.3 Å². The van der Waals surface area contributed by atoms with Crippen molar-refractivity contribution in [1.82, 2.24) is 0 Å². The molecule has 0 aliphatic carbocycles. The minimum Gasteiger partial charge on any atom is -0.366 e. The molecule has 30 heavy (non-hydrogen) atoms. The van der Waals surface area contributed by atoms with Crippen LogP contribution in [0.4, 0.5) is 36.4 Å². The number of nitrogens with one attached hydrogen (secondary N) is 1. The Balaban J connectivity index is 2.44. The third kappa shape index (κ3) is 4.37. The van der Waals surface area contributed by atoms with Crippen molar-refractivity contribution in [3.8, 4) is 0 Å². The van der Waals surface area contributed by atoms with Crippen LogP contribution in [0.3, 0.4) is 0 Å². The molecule has 2 aromatic carbocycles. The SMILES string of the molecule is Cc1cc(C(F)(C(F)(F)F)C(F)(F)F)ccc1NC(=O)c1ccc(I)cc1C(N)=O. The van der Waals surface area contributed by atoms with Gasteiger partial charge in [0.2, 0.25) is 5.91 Å². The van der Waals surface area contributed by atoms with Gasteiger partial charge in [0.1, 0.15) is 0 Å². The highest BCUT2D eigenvalue weighted by atomic mass is 127. The van der Waals surface area contributed by atoms with Crippen molar-refractivity contribution in [3.05, 3.63) is 62.2 Å². The fraction of sp³-hybridized carbons (Fsp3) is 0.222. The van der Waals surface area contributed by atoms with Crippen molar-refractivity contribution < 1.29 is 40.3 Å². The number of amides is 2. The lowest BCUT2D eigenvalue weighted by molar-refractivity contribution is -0.348. The molecule has 0 spiro atoms. The summed E-state index contributed by atoms with van der Waals surface area (Å²) in [6.07, 6.45) is -12.5. The molecule has 0 bridgehead atoms. The van der Waals surface area contributed by atoms with Crippen LogP contribution in [0, 0.1) is 10.5 Å². The first kappa shape index (κ1) is 23.9. The number of primary amides is 1. The van der Waals surface area contributed by atoms with Gasteiger partial charge in [0.15, 0.2) is 0 Å². The smallest absolute Gasteiger partial charge is 0.366 e. The highest BCUT2D eigenvalue weighted by Crippen LogP contribution is 2.53. The van der Waals surface area contributed by atoms with Crippen LogP contribution in [-0.4, -0.2) is 24.2 Å². The summed E-state index contributed by atoms with van der Waals surface area (Å²) in [6, 6.07) is 5.44. The maximum absolute atomic E-state index is 14.2. The first-order chi connectivity index (χ1) is 13.6. The Labute approximate surface area is 178 Å². The molecule has 3 N–H and O–H groups in total. The summed E-state index contributed by atoms with van der Waals surface area (Å²) < 4.78 is 92.1. The average Bonchev–Trinajstić information content (AvgIpc) is 2.60. The number of halogens is 8. The van der Waals surface area contributed by atoms with Crippen LogP contribution in [0.1, 0.15) is 31.8 Å². The summed E-state index contributed by atoms with van der Waals surface area (Å²) in [7, 11) is 0. The van der Waals surface area contributed by atoms with Gasteiger partial charge in [0, 0.05) is 14.8 Å². The lowest BCUT2D eigenvalue weighted by atomic mass is 9.92. The number of carbonyl (C=O) groups excluding carboxylic acids is 2. The number of hydrogen-bond donors (Lipinski definition) is 2. The molecule has 162 valence electrons. The summed E-state index contributed by atoms with van der Waals surface area (Å²) in [5, 5.41) is 2.26. The Hall–Kier alpha value is -2.38. The Morgan fingerprint density at radius 2 is 1.47 bits per heavy atom. The lowest BCUT2D eigenvalue weighted by Gasteiger charge is -2.30. The van der Waals surface area contributed by atoms with Crippen molar-refractivity contribution >= 4 is 40.1 Å². The van der Waals surface area contributed by atoms with Gasteiger partial charge < -0.3 is 11.1 Å². The van der Waals surface area contributed by atoms with Gasteiger partial charge in [-0.1, -0.05) is 12.1 Å². The molecule has 0 aliphatic heterocycles. The fourth-order valence-electron chi connectivity index (χ4n) is 2.61. The molecule has 12 heteroatoms. The number of carbonyl (C=O) groups is 2. The van der Waals surface area contributed by atoms with Crippen molar-refractivity contribution in [2.45, 2.75) is 24.9 Å². The Kier molecular flexibility index (Phi) is 6.40. The first-order valence-electron chi connectivity index (χ1n) is 7.93. The monoisotopic (exact) mass is 548 g/mol. The van der Waals surface area contributed by atoms with Gasteiger partial charge in [-0.15, -0.1) is 0 Å². The number of alkyl halides is 7. The second-order valence-electron chi connectivity index (χ2n) is 6.19. The van der Waals surface area contributed by atoms with Gasteiger partial charge in [0.05, 0.1) is 11.1 Å². The van der Waals surface area contributed by atoms with Crippen LogP contribution in [0.5, 0.6) is 0 Å². The van der Waals surface area contributed by atoms with Gasteiger partial charge >= 0.3 is 18.0 Å². The fourth-order valence-corrected chi connectivity index (χ4v) is 3.11. The number of rotatable bonds is 4. The maximum Gasteiger partial charge on any atom is 0.435 e. The third-order valence-electron chi connectivity index (χ3n) is 4.15. The summed E-state index contributed by atoms with van der Waals surface area (Å²) in [5.74, 6) is -1.79. The van der Waals surface area contributed by atoms with Crippen LogP contribution < -0.4 is 11.1 Å². The minimum atomic E-state index is -6.25. The van der Waals surface area contributed by atoms with Crippen molar-refractivity contribution in [2.24, 2.45) is 5.73 Å². The molecule has 0 atom stereocenters. The van der Waals surface area contributed by atoms with E-state index in [0.717, 1.165) is 6.92 Å². The van der Waals surface area contributed by atoms with Gasteiger partial charge in [-0.25, -0.2) is 4.39 Å². The lowest BCUT2D eigenvalue weighted by Crippen LogP contribution is -2.50. The van der Waals surface area contributed by atoms with Gasteiger partial charge in [0.25, 0.3) is 5.91 Å². The second-order valence-corrected chi connectivity index (χ2v) is 7.44. The zero-order valence-corrected chi connectivity index (χ0v) is 17.0. The molecule has 0 fully saturated rings. The van der Waals surface area contributed by atoms with Crippen molar-refractivity contribution in [3.63, 3.8) is 0 Å². The average molecular weight is 548 g/mol. The number of nitrogens with two attached hydrogens (primary N) is 1. The molecule has 0 saturated carbocycles. The van der Waals surface area contributed by atoms with Gasteiger partial charge in [-0.2, -0.15) is 26.3 Å². The standard InChI is InChI=1S/C18H12F7IN2O2/c1-8-6-9(16(19,17(20,21)22)18(23,24)25)2-5-13(8)28-15(30)11-4-3-10(26)7-12(11)14(27)29/h2-7H,1H3,(H2,27,29)(H,28,30). The maximum atomic E-state index is 14.2. The van der Waals surface area contributed by atoms with E-state index in [1.807, 2.05) is 22.6 Å². The number of anilines is 1. The number of aryl methyl sites for hydroxylation is 1. The van der Waals surface area contributed by atoms with Crippen molar-refractivity contribution in [1.29, 1.82) is 0 Å². The molecule has 4 nitrogen and oxygen atoms in total. The Morgan fingerprint density at radius 1 is 0.900 bits per heavy atom.